The van der Waals surface area contributed by atoms with E-state index >= 15 is 0 Å². The lowest BCUT2D eigenvalue weighted by Crippen LogP contribution is -2.45. The molecule has 1 fully saturated rings. The van der Waals surface area contributed by atoms with Crippen molar-refractivity contribution in [2.75, 3.05) is 33.9 Å². The summed E-state index contributed by atoms with van der Waals surface area (Å²) >= 11 is 0. The van der Waals surface area contributed by atoms with E-state index in [0.29, 0.717) is 43.9 Å². The van der Waals surface area contributed by atoms with Crippen LogP contribution in [0.5, 0.6) is 5.75 Å². The van der Waals surface area contributed by atoms with Crippen molar-refractivity contribution >= 4 is 5.91 Å². The second-order valence-electron chi connectivity index (χ2n) is 5.94. The third kappa shape index (κ3) is 3.97. The van der Waals surface area contributed by atoms with Gasteiger partial charge in [0, 0.05) is 32.7 Å². The van der Waals surface area contributed by atoms with Gasteiger partial charge in [0.1, 0.15) is 11.6 Å². The first-order valence-electron chi connectivity index (χ1n) is 7.64. The molecule has 0 N–H and O–H groups in total. The second kappa shape index (κ2) is 7.58. The predicted molar refractivity (Wildman–Crippen MR) is 82.4 cm³/mol. The van der Waals surface area contributed by atoms with Crippen LogP contribution < -0.4 is 4.74 Å². The number of piperidine rings is 1. The first-order valence-corrected chi connectivity index (χ1v) is 7.64. The number of rotatable bonds is 6. The number of hydrogen-bond acceptors (Lipinski definition) is 3. The number of nitrogens with zero attached hydrogens (tertiary/aromatic N) is 1. The fourth-order valence-corrected chi connectivity index (χ4v) is 2.92. The van der Waals surface area contributed by atoms with Crippen LogP contribution in [0.1, 0.15) is 18.9 Å². The molecule has 2 atom stereocenters. The van der Waals surface area contributed by atoms with Gasteiger partial charge < -0.3 is 14.4 Å². The summed E-state index contributed by atoms with van der Waals surface area (Å²) < 4.78 is 24.2. The highest BCUT2D eigenvalue weighted by Gasteiger charge is 2.31. The maximum atomic E-state index is 14.1. The van der Waals surface area contributed by atoms with Gasteiger partial charge in [0.15, 0.2) is 0 Å². The molecule has 0 aromatic heterocycles. The molecule has 0 aliphatic carbocycles. The molecule has 0 radical (unpaired) electrons. The zero-order valence-corrected chi connectivity index (χ0v) is 13.5. The van der Waals surface area contributed by atoms with Crippen LogP contribution in [0.4, 0.5) is 4.39 Å². The molecule has 22 heavy (non-hydrogen) atoms. The van der Waals surface area contributed by atoms with Crippen LogP contribution in [-0.2, 0) is 16.0 Å². The Hall–Kier alpha value is -1.62. The summed E-state index contributed by atoms with van der Waals surface area (Å²) in [7, 11) is 3.15. The lowest BCUT2D eigenvalue weighted by atomic mass is 9.82. The molecule has 1 aliphatic rings. The summed E-state index contributed by atoms with van der Waals surface area (Å²) in [5.41, 5.74) is 0.679. The van der Waals surface area contributed by atoms with Crippen LogP contribution in [0.25, 0.3) is 0 Å². The quantitative estimate of drug-likeness (QED) is 0.810. The molecule has 4 nitrogen and oxygen atoms in total. The van der Waals surface area contributed by atoms with Gasteiger partial charge >= 0.3 is 0 Å². The van der Waals surface area contributed by atoms with Gasteiger partial charge in [0.05, 0.1) is 13.7 Å². The summed E-state index contributed by atoms with van der Waals surface area (Å²) in [6, 6.07) is 4.97. The Bertz CT molecular complexity index is 521. The van der Waals surface area contributed by atoms with Crippen LogP contribution in [0.2, 0.25) is 0 Å². The van der Waals surface area contributed by atoms with E-state index in [0.717, 1.165) is 0 Å². The van der Waals surface area contributed by atoms with E-state index < -0.39 is 0 Å². The predicted octanol–water partition coefficient (Wildman–Crippen LogP) is 2.51. The minimum absolute atomic E-state index is 0.163. The fourth-order valence-electron chi connectivity index (χ4n) is 2.92. The zero-order chi connectivity index (χ0) is 16.1. The first kappa shape index (κ1) is 16.7. The molecule has 1 aromatic rings. The standard InChI is InChI=1S/C17H24FNO3/c1-12-8-17(20)19(6-7-21-2)11-14(12)9-13-4-5-15(22-3)10-16(13)18/h4-5,10,12,14H,6-9,11H2,1-3H3. The van der Waals surface area contributed by atoms with Crippen molar-refractivity contribution in [2.45, 2.75) is 19.8 Å². The molecule has 122 valence electrons. The SMILES string of the molecule is COCCN1CC(Cc2ccc(OC)cc2F)C(C)CC1=O. The van der Waals surface area contributed by atoms with Crippen LogP contribution in [-0.4, -0.2) is 44.7 Å². The number of carbonyl (C=O) groups is 1. The smallest absolute Gasteiger partial charge is 0.222 e. The van der Waals surface area contributed by atoms with Crippen molar-refractivity contribution in [3.8, 4) is 5.75 Å². The molecular formula is C17H24FNO3. The molecular weight excluding hydrogens is 285 g/mol. The highest BCUT2D eigenvalue weighted by Crippen LogP contribution is 2.29. The van der Waals surface area contributed by atoms with Crippen molar-refractivity contribution in [1.29, 1.82) is 0 Å². The molecule has 2 unspecified atom stereocenters. The minimum atomic E-state index is -0.244. The van der Waals surface area contributed by atoms with Crippen molar-refractivity contribution in [2.24, 2.45) is 11.8 Å². The van der Waals surface area contributed by atoms with Crippen LogP contribution in [0.15, 0.2) is 18.2 Å². The van der Waals surface area contributed by atoms with Gasteiger partial charge in [-0.05, 0) is 29.9 Å². The number of likely N-dealkylation sites (tertiary alicyclic amines) is 1. The molecule has 2 rings (SSSR count). The van der Waals surface area contributed by atoms with Gasteiger partial charge in [0.2, 0.25) is 5.91 Å². The third-order valence-corrected chi connectivity index (χ3v) is 4.42. The Morgan fingerprint density at radius 1 is 1.36 bits per heavy atom. The maximum Gasteiger partial charge on any atom is 0.222 e. The highest BCUT2D eigenvalue weighted by atomic mass is 19.1. The van der Waals surface area contributed by atoms with E-state index in [1.807, 2.05) is 4.90 Å². The Balaban J connectivity index is 2.05. The zero-order valence-electron chi connectivity index (χ0n) is 13.5. The maximum absolute atomic E-state index is 14.1. The molecule has 1 aliphatic heterocycles. The molecule has 0 spiro atoms. The van der Waals surface area contributed by atoms with Gasteiger partial charge in [0.25, 0.3) is 0 Å². The normalized spacial score (nSPS) is 22.0. The van der Waals surface area contributed by atoms with E-state index in [2.05, 4.69) is 6.92 Å². The summed E-state index contributed by atoms with van der Waals surface area (Å²) in [6.07, 6.45) is 1.15. The number of hydrogen-bond donors (Lipinski definition) is 0. The summed E-state index contributed by atoms with van der Waals surface area (Å²) in [5.74, 6) is 0.961. The van der Waals surface area contributed by atoms with Crippen molar-refractivity contribution in [1.82, 2.24) is 4.90 Å². The Morgan fingerprint density at radius 2 is 2.14 bits per heavy atom. The monoisotopic (exact) mass is 309 g/mol. The van der Waals surface area contributed by atoms with Gasteiger partial charge in [-0.15, -0.1) is 0 Å². The molecule has 5 heteroatoms. The lowest BCUT2D eigenvalue weighted by Gasteiger charge is -2.37. The second-order valence-corrected chi connectivity index (χ2v) is 5.94. The van der Waals surface area contributed by atoms with Crippen molar-refractivity contribution < 1.29 is 18.7 Å². The molecule has 1 amide bonds. The average molecular weight is 309 g/mol. The van der Waals surface area contributed by atoms with Crippen LogP contribution >= 0.6 is 0 Å². The van der Waals surface area contributed by atoms with Gasteiger partial charge in [-0.25, -0.2) is 4.39 Å². The topological polar surface area (TPSA) is 38.8 Å². The minimum Gasteiger partial charge on any atom is -0.497 e. The van der Waals surface area contributed by atoms with Crippen LogP contribution in [0.3, 0.4) is 0 Å². The highest BCUT2D eigenvalue weighted by molar-refractivity contribution is 5.77. The molecule has 1 heterocycles. The van der Waals surface area contributed by atoms with E-state index in [9.17, 15) is 9.18 Å². The largest absolute Gasteiger partial charge is 0.497 e. The third-order valence-electron chi connectivity index (χ3n) is 4.42. The Labute approximate surface area is 131 Å². The van der Waals surface area contributed by atoms with E-state index in [4.69, 9.17) is 9.47 Å². The average Bonchev–Trinajstić information content (AvgIpc) is 2.50. The summed E-state index contributed by atoms with van der Waals surface area (Å²) in [4.78, 5) is 13.9. The number of methoxy groups -OCH3 is 2. The summed E-state index contributed by atoms with van der Waals surface area (Å²) in [5, 5.41) is 0. The number of ether oxygens (including phenoxy) is 2. The van der Waals surface area contributed by atoms with Gasteiger partial charge in [-0.2, -0.15) is 0 Å². The molecule has 1 aromatic carbocycles. The fraction of sp³-hybridized carbons (Fsp3) is 0.588. The van der Waals surface area contributed by atoms with Gasteiger partial charge in [-0.1, -0.05) is 13.0 Å². The summed E-state index contributed by atoms with van der Waals surface area (Å²) in [6.45, 7) is 3.86. The first-order chi connectivity index (χ1) is 10.5. The number of halogens is 1. The van der Waals surface area contributed by atoms with Crippen molar-refractivity contribution in [3.05, 3.63) is 29.6 Å². The lowest BCUT2D eigenvalue weighted by molar-refractivity contribution is -0.137. The molecule has 0 saturated carbocycles. The molecule has 1 saturated heterocycles. The van der Waals surface area contributed by atoms with Crippen LogP contribution in [0, 0.1) is 17.7 Å². The number of amides is 1. The van der Waals surface area contributed by atoms with E-state index in [1.165, 1.54) is 13.2 Å². The van der Waals surface area contributed by atoms with E-state index in [-0.39, 0.29) is 23.6 Å². The number of benzene rings is 1. The number of carbonyl (C=O) groups excluding carboxylic acids is 1. The molecule has 0 bridgehead atoms. The Morgan fingerprint density at radius 3 is 2.77 bits per heavy atom. The van der Waals surface area contributed by atoms with Crippen molar-refractivity contribution in [3.63, 3.8) is 0 Å². The Kier molecular flexibility index (Phi) is 5.77. The van der Waals surface area contributed by atoms with E-state index in [1.54, 1.807) is 19.2 Å². The van der Waals surface area contributed by atoms with Gasteiger partial charge in [-0.3, -0.25) is 4.79 Å².